The molecule has 0 aliphatic heterocycles. The van der Waals surface area contributed by atoms with Gasteiger partial charge < -0.3 is 0 Å². The molecule has 148 valence electrons. The Kier molecular flexibility index (Phi) is 5.17. The van der Waals surface area contributed by atoms with Crippen LogP contribution >= 0.6 is 11.6 Å². The summed E-state index contributed by atoms with van der Waals surface area (Å²) in [7, 11) is 0. The van der Waals surface area contributed by atoms with Gasteiger partial charge in [-0.2, -0.15) is 10.2 Å². The first-order valence-electron chi connectivity index (χ1n) is 9.23. The summed E-state index contributed by atoms with van der Waals surface area (Å²) in [6, 6.07) is 18.3. The average molecular weight is 417 g/mol. The first-order valence-corrected chi connectivity index (χ1v) is 9.60. The van der Waals surface area contributed by atoms with Gasteiger partial charge in [-0.15, -0.1) is 5.10 Å². The summed E-state index contributed by atoms with van der Waals surface area (Å²) in [5.74, 6) is -0.0988. The van der Waals surface area contributed by atoms with Gasteiger partial charge in [0.1, 0.15) is 6.07 Å². The molecule has 0 radical (unpaired) electrons. The summed E-state index contributed by atoms with van der Waals surface area (Å²) in [5, 5.41) is 14.4. The predicted octanol–water partition coefficient (Wildman–Crippen LogP) is 4.11. The van der Waals surface area contributed by atoms with Gasteiger partial charge in [-0.3, -0.25) is 9.69 Å². The van der Waals surface area contributed by atoms with Gasteiger partial charge in [0.2, 0.25) is 5.82 Å². The summed E-state index contributed by atoms with van der Waals surface area (Å²) < 4.78 is 1.53. The van der Waals surface area contributed by atoms with Crippen molar-refractivity contribution in [2.75, 3.05) is 4.90 Å². The van der Waals surface area contributed by atoms with E-state index in [-0.39, 0.29) is 12.4 Å². The number of hydrogen-bond acceptors (Lipinski definition) is 5. The minimum atomic E-state index is -0.444. The van der Waals surface area contributed by atoms with Gasteiger partial charge >= 0.3 is 0 Å². The first kappa shape index (κ1) is 19.6. The molecule has 30 heavy (non-hydrogen) atoms. The van der Waals surface area contributed by atoms with Crippen LogP contribution in [0.4, 0.5) is 5.69 Å². The SMILES string of the molecule is Cc1cc(C)n2nc(C(=O)N(Cc3ccccc3)c3cc(Cl)ccc3C#N)nc2n1. The molecule has 2 aromatic carbocycles. The maximum absolute atomic E-state index is 13.5. The quantitative estimate of drug-likeness (QED) is 0.499. The number of nitrogens with zero attached hydrogens (tertiary/aromatic N) is 6. The minimum Gasteiger partial charge on any atom is -0.300 e. The van der Waals surface area contributed by atoms with Gasteiger partial charge in [0.15, 0.2) is 0 Å². The highest BCUT2D eigenvalue weighted by Crippen LogP contribution is 2.27. The number of aryl methyl sites for hydroxylation is 2. The number of amides is 1. The van der Waals surface area contributed by atoms with E-state index in [1.807, 2.05) is 50.2 Å². The van der Waals surface area contributed by atoms with Crippen molar-refractivity contribution >= 4 is 29.0 Å². The van der Waals surface area contributed by atoms with E-state index in [0.717, 1.165) is 17.0 Å². The molecule has 2 heterocycles. The van der Waals surface area contributed by atoms with Gasteiger partial charge in [0.05, 0.1) is 17.8 Å². The summed E-state index contributed by atoms with van der Waals surface area (Å²) in [4.78, 5) is 23.7. The largest absolute Gasteiger partial charge is 0.300 e. The number of halogens is 1. The van der Waals surface area contributed by atoms with Crippen LogP contribution in [0, 0.1) is 25.2 Å². The van der Waals surface area contributed by atoms with Crippen molar-refractivity contribution in [1.29, 1.82) is 5.26 Å². The van der Waals surface area contributed by atoms with Crippen LogP contribution in [0.5, 0.6) is 0 Å². The Hall–Kier alpha value is -3.76. The highest BCUT2D eigenvalue weighted by atomic mass is 35.5. The van der Waals surface area contributed by atoms with Gasteiger partial charge in [0.25, 0.3) is 11.7 Å². The van der Waals surface area contributed by atoms with E-state index in [4.69, 9.17) is 11.6 Å². The third kappa shape index (κ3) is 3.73. The Morgan fingerprint density at radius 2 is 1.90 bits per heavy atom. The molecular weight excluding hydrogens is 400 g/mol. The molecule has 1 amide bonds. The molecule has 4 rings (SSSR count). The van der Waals surface area contributed by atoms with Crippen LogP contribution in [-0.4, -0.2) is 25.5 Å². The van der Waals surface area contributed by atoms with Crippen molar-refractivity contribution in [2.45, 2.75) is 20.4 Å². The van der Waals surface area contributed by atoms with E-state index in [1.165, 1.54) is 9.42 Å². The Morgan fingerprint density at radius 1 is 1.13 bits per heavy atom. The monoisotopic (exact) mass is 416 g/mol. The second-order valence-corrected chi connectivity index (χ2v) is 7.27. The van der Waals surface area contributed by atoms with Gasteiger partial charge in [0, 0.05) is 16.4 Å². The van der Waals surface area contributed by atoms with Crippen molar-refractivity contribution in [3.8, 4) is 6.07 Å². The molecule has 7 nitrogen and oxygen atoms in total. The van der Waals surface area contributed by atoms with Crippen molar-refractivity contribution in [3.63, 3.8) is 0 Å². The smallest absolute Gasteiger partial charge is 0.298 e. The molecule has 8 heteroatoms. The third-order valence-corrected chi connectivity index (χ3v) is 4.84. The molecule has 0 aliphatic carbocycles. The molecule has 2 aromatic heterocycles. The lowest BCUT2D eigenvalue weighted by atomic mass is 10.1. The van der Waals surface area contributed by atoms with E-state index in [1.54, 1.807) is 18.2 Å². The number of carbonyl (C=O) groups excluding carboxylic acids is 1. The fraction of sp³-hybridized carbons (Fsp3) is 0.136. The van der Waals surface area contributed by atoms with Crippen LogP contribution in [0.3, 0.4) is 0 Å². The molecule has 0 N–H and O–H groups in total. The van der Waals surface area contributed by atoms with Crippen LogP contribution in [0.15, 0.2) is 54.6 Å². The molecule has 0 bridgehead atoms. The molecule has 0 aliphatic rings. The topological polar surface area (TPSA) is 87.2 Å². The molecule has 0 atom stereocenters. The number of carbonyl (C=O) groups is 1. The van der Waals surface area contributed by atoms with Crippen molar-refractivity contribution < 1.29 is 4.79 Å². The van der Waals surface area contributed by atoms with E-state index < -0.39 is 5.91 Å². The number of anilines is 1. The number of aromatic nitrogens is 4. The van der Waals surface area contributed by atoms with E-state index in [0.29, 0.717) is 22.1 Å². The zero-order valence-corrected chi connectivity index (χ0v) is 17.1. The number of hydrogen-bond donors (Lipinski definition) is 0. The van der Waals surface area contributed by atoms with Crippen LogP contribution < -0.4 is 4.90 Å². The molecule has 0 saturated carbocycles. The van der Waals surface area contributed by atoms with Gasteiger partial charge in [-0.25, -0.2) is 9.50 Å². The lowest BCUT2D eigenvalue weighted by Gasteiger charge is -2.23. The zero-order valence-electron chi connectivity index (χ0n) is 16.4. The van der Waals surface area contributed by atoms with Gasteiger partial charge in [-0.05, 0) is 43.7 Å². The van der Waals surface area contributed by atoms with Crippen LogP contribution in [0.1, 0.15) is 33.1 Å². The van der Waals surface area contributed by atoms with Gasteiger partial charge in [-0.1, -0.05) is 41.9 Å². The summed E-state index contributed by atoms with van der Waals surface area (Å²) in [5.41, 5.74) is 3.23. The summed E-state index contributed by atoms with van der Waals surface area (Å²) in [6.07, 6.45) is 0. The summed E-state index contributed by atoms with van der Waals surface area (Å²) >= 11 is 6.18. The van der Waals surface area contributed by atoms with E-state index in [9.17, 15) is 10.1 Å². The second kappa shape index (κ2) is 7.93. The Balaban J connectivity index is 1.84. The number of benzene rings is 2. The minimum absolute atomic E-state index is 0.00371. The van der Waals surface area contributed by atoms with Crippen molar-refractivity contribution in [3.05, 3.63) is 88.0 Å². The van der Waals surface area contributed by atoms with E-state index in [2.05, 4.69) is 21.1 Å². The lowest BCUT2D eigenvalue weighted by molar-refractivity contribution is 0.0975. The Morgan fingerprint density at radius 3 is 2.63 bits per heavy atom. The third-order valence-electron chi connectivity index (χ3n) is 4.61. The molecular formula is C22H17ClN6O. The number of fused-ring (bicyclic) bond motifs is 1. The highest BCUT2D eigenvalue weighted by Gasteiger charge is 2.25. The normalized spacial score (nSPS) is 10.7. The molecule has 0 fully saturated rings. The first-order chi connectivity index (χ1) is 14.5. The lowest BCUT2D eigenvalue weighted by Crippen LogP contribution is -2.32. The van der Waals surface area contributed by atoms with Crippen molar-refractivity contribution in [2.24, 2.45) is 0 Å². The Labute approximate surface area is 178 Å². The maximum Gasteiger partial charge on any atom is 0.298 e. The maximum atomic E-state index is 13.5. The predicted molar refractivity (Wildman–Crippen MR) is 113 cm³/mol. The second-order valence-electron chi connectivity index (χ2n) is 6.84. The fourth-order valence-electron chi connectivity index (χ4n) is 3.23. The van der Waals surface area contributed by atoms with Crippen LogP contribution in [0.2, 0.25) is 5.02 Å². The Bertz CT molecular complexity index is 1290. The summed E-state index contributed by atoms with van der Waals surface area (Å²) in [6.45, 7) is 3.96. The van der Waals surface area contributed by atoms with Crippen LogP contribution in [0.25, 0.3) is 5.78 Å². The van der Waals surface area contributed by atoms with Crippen LogP contribution in [-0.2, 0) is 6.54 Å². The number of nitriles is 1. The fourth-order valence-corrected chi connectivity index (χ4v) is 3.40. The number of rotatable bonds is 4. The molecule has 0 saturated heterocycles. The van der Waals surface area contributed by atoms with E-state index >= 15 is 0 Å². The molecule has 4 aromatic rings. The average Bonchev–Trinajstić information content (AvgIpc) is 3.17. The van der Waals surface area contributed by atoms with Crippen molar-refractivity contribution in [1.82, 2.24) is 19.6 Å². The highest BCUT2D eigenvalue weighted by molar-refractivity contribution is 6.31. The molecule has 0 unspecified atom stereocenters. The molecule has 0 spiro atoms. The zero-order chi connectivity index (χ0) is 21.3. The standard InChI is InChI=1S/C22H17ClN6O/c1-14-10-15(2)29-22(25-14)26-20(27-29)21(30)28(13-16-6-4-3-5-7-16)19-11-18(23)9-8-17(19)12-24/h3-11H,13H2,1-2H3.